The number of esters is 1. The predicted molar refractivity (Wildman–Crippen MR) is 95.2 cm³/mol. The van der Waals surface area contributed by atoms with Crippen LogP contribution in [-0.2, 0) is 16.0 Å². The fourth-order valence-electron chi connectivity index (χ4n) is 3.31. The fraction of sp³-hybridized carbons (Fsp3) is 0.300. The molecule has 3 rings (SSSR count). The number of ether oxygens (including phenoxy) is 2. The summed E-state index contributed by atoms with van der Waals surface area (Å²) in [6.45, 7) is 1.85. The molecule has 2 aromatic rings. The average Bonchev–Trinajstić information content (AvgIpc) is 2.66. The number of rotatable bonds is 5. The summed E-state index contributed by atoms with van der Waals surface area (Å²) in [6, 6.07) is 10.6. The number of carbonyl (C=O) groups is 2. The van der Waals surface area contributed by atoms with Crippen molar-refractivity contribution in [2.45, 2.75) is 19.4 Å². The van der Waals surface area contributed by atoms with E-state index in [4.69, 9.17) is 9.47 Å². The van der Waals surface area contributed by atoms with Gasteiger partial charge >= 0.3 is 12.1 Å². The number of carboxylic acid groups (broad SMARTS) is 1. The van der Waals surface area contributed by atoms with E-state index < -0.39 is 23.9 Å². The van der Waals surface area contributed by atoms with Gasteiger partial charge in [0.15, 0.2) is 6.61 Å². The highest BCUT2D eigenvalue weighted by Crippen LogP contribution is 2.39. The lowest BCUT2D eigenvalue weighted by Crippen LogP contribution is -2.40. The minimum atomic E-state index is -1.10. The summed E-state index contributed by atoms with van der Waals surface area (Å²) >= 11 is 0. The number of amides is 1. The van der Waals surface area contributed by atoms with E-state index in [9.17, 15) is 19.1 Å². The maximum absolute atomic E-state index is 14.0. The molecule has 27 heavy (non-hydrogen) atoms. The molecule has 0 saturated heterocycles. The summed E-state index contributed by atoms with van der Waals surface area (Å²) in [5.74, 6) is -0.814. The number of hydrogen-bond donors (Lipinski definition) is 1. The number of fused-ring (bicyclic) bond motifs is 1. The van der Waals surface area contributed by atoms with Crippen LogP contribution in [0.5, 0.6) is 5.75 Å². The summed E-state index contributed by atoms with van der Waals surface area (Å²) in [4.78, 5) is 24.7. The van der Waals surface area contributed by atoms with Crippen molar-refractivity contribution in [1.82, 2.24) is 4.90 Å². The molecular weight excluding hydrogens is 353 g/mol. The van der Waals surface area contributed by atoms with Crippen LogP contribution in [0.2, 0.25) is 0 Å². The minimum absolute atomic E-state index is 0.223. The Kier molecular flexibility index (Phi) is 5.59. The van der Waals surface area contributed by atoms with Crippen LogP contribution in [-0.4, -0.2) is 41.8 Å². The highest BCUT2D eigenvalue weighted by atomic mass is 19.1. The van der Waals surface area contributed by atoms with Crippen LogP contribution < -0.4 is 4.74 Å². The molecule has 0 bridgehead atoms. The molecule has 0 aromatic heterocycles. The van der Waals surface area contributed by atoms with Crippen LogP contribution in [0.25, 0.3) is 0 Å². The molecule has 142 valence electrons. The molecule has 1 N–H and O–H groups in total. The lowest BCUT2D eigenvalue weighted by Gasteiger charge is -2.36. The minimum Gasteiger partial charge on any atom is -0.482 e. The Labute approximate surface area is 156 Å². The zero-order chi connectivity index (χ0) is 19.4. The number of nitrogens with zero attached hydrogens (tertiary/aromatic N) is 1. The highest BCUT2D eigenvalue weighted by Gasteiger charge is 2.34. The van der Waals surface area contributed by atoms with Crippen molar-refractivity contribution >= 4 is 12.1 Å². The van der Waals surface area contributed by atoms with Gasteiger partial charge in [-0.2, -0.15) is 0 Å². The molecule has 0 fully saturated rings. The van der Waals surface area contributed by atoms with Gasteiger partial charge in [-0.25, -0.2) is 14.0 Å². The third-order valence-corrected chi connectivity index (χ3v) is 4.45. The molecule has 1 heterocycles. The van der Waals surface area contributed by atoms with E-state index in [2.05, 4.69) is 0 Å². The summed E-state index contributed by atoms with van der Waals surface area (Å²) in [7, 11) is 0. The zero-order valence-corrected chi connectivity index (χ0v) is 14.9. The lowest BCUT2D eigenvalue weighted by atomic mass is 9.88. The third kappa shape index (κ3) is 4.02. The molecule has 1 amide bonds. The molecular formula is C20H20FNO5. The summed E-state index contributed by atoms with van der Waals surface area (Å²) in [6.07, 6.45) is -0.525. The van der Waals surface area contributed by atoms with Crippen LogP contribution >= 0.6 is 0 Å². The van der Waals surface area contributed by atoms with E-state index in [1.54, 1.807) is 6.92 Å². The second kappa shape index (κ2) is 8.07. The zero-order valence-electron chi connectivity index (χ0n) is 14.9. The number of hydrogen-bond acceptors (Lipinski definition) is 4. The molecule has 1 unspecified atom stereocenters. The van der Waals surface area contributed by atoms with Crippen LogP contribution in [0.15, 0.2) is 42.5 Å². The van der Waals surface area contributed by atoms with E-state index >= 15 is 0 Å². The Morgan fingerprint density at radius 1 is 1.22 bits per heavy atom. The van der Waals surface area contributed by atoms with E-state index in [-0.39, 0.29) is 25.5 Å². The first-order chi connectivity index (χ1) is 13.0. The Morgan fingerprint density at radius 2 is 2.00 bits per heavy atom. The van der Waals surface area contributed by atoms with Gasteiger partial charge in [0.2, 0.25) is 0 Å². The topological polar surface area (TPSA) is 76.1 Å². The van der Waals surface area contributed by atoms with Crippen molar-refractivity contribution < 1.29 is 28.6 Å². The van der Waals surface area contributed by atoms with Gasteiger partial charge in [-0.1, -0.05) is 24.3 Å². The summed E-state index contributed by atoms with van der Waals surface area (Å²) < 4.78 is 24.4. The Hall–Kier alpha value is -3.09. The summed E-state index contributed by atoms with van der Waals surface area (Å²) in [5.41, 5.74) is 2.13. The van der Waals surface area contributed by atoms with Crippen molar-refractivity contribution in [3.8, 4) is 5.75 Å². The molecule has 0 spiro atoms. The number of benzene rings is 2. The molecule has 1 atom stereocenters. The third-order valence-electron chi connectivity index (χ3n) is 4.45. The van der Waals surface area contributed by atoms with Gasteiger partial charge in [-0.15, -0.1) is 0 Å². The van der Waals surface area contributed by atoms with Gasteiger partial charge in [0.05, 0.1) is 12.6 Å². The maximum atomic E-state index is 14.0. The number of carbonyl (C=O) groups excluding carboxylic acids is 1. The highest BCUT2D eigenvalue weighted by molar-refractivity contribution is 5.71. The van der Waals surface area contributed by atoms with Gasteiger partial charge in [0.25, 0.3) is 0 Å². The predicted octanol–water partition coefficient (Wildman–Crippen LogP) is 3.39. The Bertz CT molecular complexity index is 854. The number of halogens is 1. The van der Waals surface area contributed by atoms with Gasteiger partial charge in [-0.3, -0.25) is 4.90 Å². The van der Waals surface area contributed by atoms with Crippen molar-refractivity contribution in [1.29, 1.82) is 0 Å². The smallest absolute Gasteiger partial charge is 0.408 e. The van der Waals surface area contributed by atoms with Crippen molar-refractivity contribution in [2.75, 3.05) is 19.8 Å². The molecule has 0 aliphatic carbocycles. The maximum Gasteiger partial charge on any atom is 0.408 e. The van der Waals surface area contributed by atoms with E-state index in [1.165, 1.54) is 23.1 Å². The van der Waals surface area contributed by atoms with Gasteiger partial charge in [-0.05, 0) is 42.7 Å². The second-order valence-electron chi connectivity index (χ2n) is 6.10. The molecule has 0 radical (unpaired) electrons. The molecule has 7 heteroatoms. The SMILES string of the molecule is CCOC(=O)COc1ccc(F)cc1C1c2ccccc2CCN1C(=O)O. The van der Waals surface area contributed by atoms with Crippen molar-refractivity contribution in [3.63, 3.8) is 0 Å². The monoisotopic (exact) mass is 373 g/mol. The molecule has 1 aliphatic rings. The van der Waals surface area contributed by atoms with Gasteiger partial charge in [0, 0.05) is 12.1 Å². The normalized spacial score (nSPS) is 15.8. The molecule has 2 aromatic carbocycles. The lowest BCUT2D eigenvalue weighted by molar-refractivity contribution is -0.145. The van der Waals surface area contributed by atoms with Crippen LogP contribution in [0, 0.1) is 5.82 Å². The van der Waals surface area contributed by atoms with Crippen LogP contribution in [0.4, 0.5) is 9.18 Å². The first-order valence-corrected chi connectivity index (χ1v) is 8.66. The van der Waals surface area contributed by atoms with Crippen LogP contribution in [0.1, 0.15) is 29.7 Å². The molecule has 0 saturated carbocycles. The molecule has 6 nitrogen and oxygen atoms in total. The van der Waals surface area contributed by atoms with Gasteiger partial charge in [0.1, 0.15) is 11.6 Å². The van der Waals surface area contributed by atoms with E-state index in [0.29, 0.717) is 12.0 Å². The second-order valence-corrected chi connectivity index (χ2v) is 6.10. The first-order valence-electron chi connectivity index (χ1n) is 8.66. The largest absolute Gasteiger partial charge is 0.482 e. The quantitative estimate of drug-likeness (QED) is 0.813. The average molecular weight is 373 g/mol. The van der Waals surface area contributed by atoms with Crippen LogP contribution in [0.3, 0.4) is 0 Å². The summed E-state index contributed by atoms with van der Waals surface area (Å²) in [5, 5.41) is 9.66. The van der Waals surface area contributed by atoms with Crippen molar-refractivity contribution in [3.05, 3.63) is 65.0 Å². The standard InChI is InChI=1S/C20H20FNO5/c1-2-26-18(23)12-27-17-8-7-14(21)11-16(17)19-15-6-4-3-5-13(15)9-10-22(19)20(24)25/h3-8,11,19H,2,9-10,12H2,1H3,(H,24,25). The molecule has 1 aliphatic heterocycles. The fourth-order valence-corrected chi connectivity index (χ4v) is 3.31. The Balaban J connectivity index is 2.03. The van der Waals surface area contributed by atoms with E-state index in [1.807, 2.05) is 24.3 Å². The Morgan fingerprint density at radius 3 is 2.74 bits per heavy atom. The van der Waals surface area contributed by atoms with E-state index in [0.717, 1.165) is 11.1 Å². The van der Waals surface area contributed by atoms with Crippen molar-refractivity contribution in [2.24, 2.45) is 0 Å². The first kappa shape index (κ1) is 18.7. The van der Waals surface area contributed by atoms with Gasteiger partial charge < -0.3 is 14.6 Å².